The van der Waals surface area contributed by atoms with E-state index < -0.39 is 72.4 Å². The van der Waals surface area contributed by atoms with Gasteiger partial charge in [0.05, 0.1) is 79.3 Å². The van der Waals surface area contributed by atoms with Crippen LogP contribution in [-0.2, 0) is 28.8 Å². The largest absolute Gasteiger partial charge is 0.481 e. The maximum Gasteiger partial charge on any atom is 0.303 e. The maximum absolute atomic E-state index is 10.3. The van der Waals surface area contributed by atoms with Gasteiger partial charge in [0.25, 0.3) is 0 Å². The van der Waals surface area contributed by atoms with Gasteiger partial charge in [0.15, 0.2) is 0 Å². The van der Waals surface area contributed by atoms with Crippen molar-refractivity contribution < 1.29 is 151 Å². The molecule has 0 heterocycles. The van der Waals surface area contributed by atoms with Crippen molar-refractivity contribution in [1.29, 1.82) is 0 Å². The number of carboxylic acid groups (broad SMARTS) is 6. The second-order valence-corrected chi connectivity index (χ2v) is 38.4. The van der Waals surface area contributed by atoms with Gasteiger partial charge in [-0.15, -0.1) is 0 Å². The van der Waals surface area contributed by atoms with Crippen molar-refractivity contribution in [3.63, 3.8) is 0 Å². The molecule has 0 aliphatic rings. The fourth-order valence-electron chi connectivity index (χ4n) is 14.1. The smallest absolute Gasteiger partial charge is 0.303 e. The SMILES string of the molecule is CCCCCCCCCCCCCCCC(=O)O.CCCCCCCCCCCCCCCC(=O)O.CCCCCCCCCCCCCCCC(=O)O.CCCCCCCCCCCCCCCC(=O)O.CCCCCCCCCCCCCCCC(=O)O.CCCCCCCCCCCCCCCC(=O)O.OCC(O)CO.OCC(O)CO.OCC(O)CO.OCC(O)CO.OCC(O)CO.OCC(O)CO. The molecular weight excluding hydrogens is 1850 g/mol. The van der Waals surface area contributed by atoms with Gasteiger partial charge >= 0.3 is 35.8 Å². The summed E-state index contributed by atoms with van der Waals surface area (Å²) in [6.07, 6.45) is 97.9. The van der Waals surface area contributed by atoms with Crippen LogP contribution in [-0.4, -0.2) is 274 Å². The standard InChI is InChI=1S/6C16H32O2.6C3H8O3/c6*1-2-3-4-5-6-7-8-9-10-11-12-13-14-15-16(17)18;6*4-1-3(6)2-5/h6*2-15H2,1H3,(H,17,18);6*3-6H,1-2H2. The zero-order valence-electron chi connectivity index (χ0n) is 93.5. The van der Waals surface area contributed by atoms with E-state index in [9.17, 15) is 28.8 Å². The van der Waals surface area contributed by atoms with Gasteiger partial charge in [0, 0.05) is 38.5 Å². The number of aliphatic hydroxyl groups excluding tert-OH is 18. The minimum absolute atomic E-state index is 0.345. The van der Waals surface area contributed by atoms with Gasteiger partial charge in [-0.2, -0.15) is 0 Å². The van der Waals surface area contributed by atoms with Gasteiger partial charge in [-0.05, 0) is 38.5 Å². The van der Waals surface area contributed by atoms with Crippen LogP contribution in [0.3, 0.4) is 0 Å². The lowest BCUT2D eigenvalue weighted by atomic mass is 10.0. The Kier molecular flexibility index (Phi) is 185. The van der Waals surface area contributed by atoms with Crippen molar-refractivity contribution in [2.45, 2.75) is 618 Å². The lowest BCUT2D eigenvalue weighted by Gasteiger charge is -2.02. The van der Waals surface area contributed by atoms with Crippen LogP contribution in [0.5, 0.6) is 0 Å². The number of aliphatic carboxylic acids is 6. The highest BCUT2D eigenvalue weighted by Crippen LogP contribution is 2.20. The summed E-state index contributed by atoms with van der Waals surface area (Å²) in [5.74, 6) is -3.93. The molecule has 0 rings (SSSR count). The van der Waals surface area contributed by atoms with Crippen LogP contribution in [0, 0.1) is 0 Å². The first kappa shape index (κ1) is 165. The van der Waals surface area contributed by atoms with E-state index in [2.05, 4.69) is 41.5 Å². The Bertz CT molecular complexity index is 1840. The van der Waals surface area contributed by atoms with Crippen LogP contribution in [0.1, 0.15) is 581 Å². The molecule has 0 aromatic carbocycles. The lowest BCUT2D eigenvalue weighted by molar-refractivity contribution is -0.138. The molecule has 0 aromatic heterocycles. The highest BCUT2D eigenvalue weighted by molar-refractivity contribution is 5.68. The molecule has 0 saturated heterocycles. The molecule has 30 nitrogen and oxygen atoms in total. The van der Waals surface area contributed by atoms with E-state index in [0.717, 1.165) is 77.0 Å². The summed E-state index contributed by atoms with van der Waals surface area (Å²) in [5.41, 5.74) is 0. The van der Waals surface area contributed by atoms with Gasteiger partial charge in [-0.25, -0.2) is 0 Å². The molecule has 0 aromatic rings. The van der Waals surface area contributed by atoms with E-state index in [0.29, 0.717) is 38.5 Å². The third kappa shape index (κ3) is 214. The average Bonchev–Trinajstić information content (AvgIpc) is 1.08. The topological polar surface area (TPSA) is 588 Å². The van der Waals surface area contributed by atoms with Crippen molar-refractivity contribution >= 4 is 35.8 Å². The van der Waals surface area contributed by atoms with Gasteiger partial charge in [0.1, 0.15) is 36.6 Å². The number of hydrogen-bond acceptors (Lipinski definition) is 24. The predicted molar refractivity (Wildman–Crippen MR) is 589 cm³/mol. The number of carbonyl (C=O) groups is 6. The van der Waals surface area contributed by atoms with Crippen LogP contribution >= 0.6 is 0 Å². The van der Waals surface area contributed by atoms with Gasteiger partial charge in [-0.1, -0.05) is 504 Å². The lowest BCUT2D eigenvalue weighted by Crippen LogP contribution is -2.15. The molecule has 0 amide bonds. The fraction of sp³-hybridized carbons (Fsp3) is 0.947. The predicted octanol–water partition coefficient (Wildman–Crippen LogP) is 23.3. The third-order valence-electron chi connectivity index (χ3n) is 23.5. The van der Waals surface area contributed by atoms with Crippen LogP contribution in [0.15, 0.2) is 0 Å². The molecule has 0 unspecified atom stereocenters. The van der Waals surface area contributed by atoms with Crippen molar-refractivity contribution in [3.8, 4) is 0 Å². The highest BCUT2D eigenvalue weighted by atomic mass is 16.4. The van der Waals surface area contributed by atoms with Crippen LogP contribution < -0.4 is 0 Å². The maximum atomic E-state index is 10.3. The Morgan fingerprint density at radius 1 is 0.118 bits per heavy atom. The Hall–Kier alpha value is -3.90. The molecule has 0 bridgehead atoms. The minimum Gasteiger partial charge on any atom is -0.481 e. The van der Waals surface area contributed by atoms with E-state index in [1.807, 2.05) is 0 Å². The first-order valence-corrected chi connectivity index (χ1v) is 58.2. The summed E-state index contributed by atoms with van der Waals surface area (Å²) in [6, 6.07) is 0. The molecule has 0 fully saturated rings. The molecular formula is C114H240O30. The summed E-state index contributed by atoms with van der Waals surface area (Å²) in [6.45, 7) is 9.19. The summed E-state index contributed by atoms with van der Waals surface area (Å²) in [5, 5.41) is 195. The van der Waals surface area contributed by atoms with Gasteiger partial charge in [0.2, 0.25) is 0 Å². The van der Waals surface area contributed by atoms with Crippen molar-refractivity contribution in [2.24, 2.45) is 0 Å². The summed E-state index contributed by atoms with van der Waals surface area (Å²) < 4.78 is 0. The first-order chi connectivity index (χ1) is 69.5. The van der Waals surface area contributed by atoms with E-state index in [-0.39, 0.29) is 79.3 Å². The zero-order chi connectivity index (χ0) is 111. The van der Waals surface area contributed by atoms with Crippen molar-refractivity contribution in [2.75, 3.05) is 79.3 Å². The normalized spacial score (nSPS) is 10.5. The van der Waals surface area contributed by atoms with Crippen LogP contribution in [0.4, 0.5) is 0 Å². The molecule has 0 aliphatic carbocycles. The third-order valence-corrected chi connectivity index (χ3v) is 23.5. The summed E-state index contributed by atoms with van der Waals surface area (Å²) in [7, 11) is 0. The quantitative estimate of drug-likeness (QED) is 0.0251. The number of carboxylic acids is 6. The Morgan fingerprint density at radius 2 is 0.174 bits per heavy atom. The second-order valence-electron chi connectivity index (χ2n) is 38.4. The minimum atomic E-state index is -0.954. The summed E-state index contributed by atoms with van der Waals surface area (Å²) in [4.78, 5) is 61.8. The Labute approximate surface area is 879 Å². The molecule has 0 atom stereocenters. The van der Waals surface area contributed by atoms with Crippen molar-refractivity contribution in [1.82, 2.24) is 0 Å². The van der Waals surface area contributed by atoms with E-state index in [1.165, 1.54) is 424 Å². The monoisotopic (exact) mass is 2090 g/mol. The van der Waals surface area contributed by atoms with Crippen molar-refractivity contribution in [3.05, 3.63) is 0 Å². The average molecular weight is 2090 g/mol. The number of unbranched alkanes of at least 4 members (excludes halogenated alkanes) is 72. The number of aliphatic hydroxyl groups is 18. The molecule has 144 heavy (non-hydrogen) atoms. The van der Waals surface area contributed by atoms with Gasteiger partial charge in [-0.3, -0.25) is 28.8 Å². The van der Waals surface area contributed by atoms with E-state index in [1.54, 1.807) is 0 Å². The van der Waals surface area contributed by atoms with E-state index in [4.69, 9.17) is 123 Å². The summed E-state index contributed by atoms with van der Waals surface area (Å²) >= 11 is 0. The molecule has 0 radical (unpaired) electrons. The number of rotatable bonds is 96. The molecule has 0 aliphatic heterocycles. The van der Waals surface area contributed by atoms with Crippen LogP contribution in [0.25, 0.3) is 0 Å². The van der Waals surface area contributed by atoms with Gasteiger partial charge < -0.3 is 123 Å². The highest BCUT2D eigenvalue weighted by Gasteiger charge is 2.07. The zero-order valence-corrected chi connectivity index (χ0v) is 93.5. The molecule has 0 spiro atoms. The van der Waals surface area contributed by atoms with Crippen LogP contribution in [0.2, 0.25) is 0 Å². The number of hydrogen-bond donors (Lipinski definition) is 24. The Balaban J connectivity index is -0.000000136. The molecule has 0 saturated carbocycles. The molecule has 876 valence electrons. The molecule has 30 heteroatoms. The second kappa shape index (κ2) is 162. The fourth-order valence-corrected chi connectivity index (χ4v) is 14.1. The molecule has 24 N–H and O–H groups in total. The first-order valence-electron chi connectivity index (χ1n) is 58.2. The Morgan fingerprint density at radius 3 is 0.215 bits per heavy atom. The van der Waals surface area contributed by atoms with E-state index >= 15 is 0 Å².